The number of rotatable bonds is 5. The second kappa shape index (κ2) is 11.3. The van der Waals surface area contributed by atoms with Crippen molar-refractivity contribution in [2.24, 2.45) is 0 Å². The highest BCUT2D eigenvalue weighted by molar-refractivity contribution is 6.25. The minimum Gasteiger partial charge on any atom is -0.455 e. The van der Waals surface area contributed by atoms with Gasteiger partial charge in [0.05, 0.1) is 31.5 Å². The molecule has 0 N–H and O–H groups in total. The average molecular weight is 622 g/mol. The van der Waals surface area contributed by atoms with Crippen molar-refractivity contribution < 1.29 is 35.9 Å². The molecule has 220 valence electrons. The van der Waals surface area contributed by atoms with Gasteiger partial charge in [-0.05, 0) is 67.1 Å². The lowest BCUT2D eigenvalue weighted by atomic mass is 9.84. The molecule has 0 unspecified atom stereocenters. The summed E-state index contributed by atoms with van der Waals surface area (Å²) in [7, 11) is 0. The van der Waals surface area contributed by atoms with E-state index in [1.165, 1.54) is 42.5 Å². The normalized spacial score (nSPS) is 18.3. The van der Waals surface area contributed by atoms with E-state index in [-0.39, 0.29) is 55.7 Å². The summed E-state index contributed by atoms with van der Waals surface area (Å²) < 4.78 is 208. The summed E-state index contributed by atoms with van der Waals surface area (Å²) in [6.45, 7) is 0. The molecule has 8 aromatic carbocycles. The lowest BCUT2D eigenvalue weighted by Crippen LogP contribution is -1.91. The Balaban J connectivity index is 1.54. The predicted octanol–water partition coefficient (Wildman–Crippen LogP) is 13.1. The summed E-state index contributed by atoms with van der Waals surface area (Å²) in [6, 6.07) is -6.75. The highest BCUT2D eigenvalue weighted by atomic mass is 16.3. The first-order valence-electron chi connectivity index (χ1n) is 25.7. The van der Waals surface area contributed by atoms with Crippen molar-refractivity contribution in [1.82, 2.24) is 0 Å². The Kier molecular flexibility index (Phi) is 3.02. The van der Waals surface area contributed by atoms with E-state index in [1.807, 2.05) is 0 Å². The molecule has 0 bridgehead atoms. The van der Waals surface area contributed by atoms with E-state index in [9.17, 15) is 5.48 Å². The van der Waals surface area contributed by atoms with Gasteiger partial charge in [0.15, 0.2) is 0 Å². The van der Waals surface area contributed by atoms with Crippen molar-refractivity contribution in [2.45, 2.75) is 0 Å². The van der Waals surface area contributed by atoms with Gasteiger partial charge < -0.3 is 4.42 Å². The minimum atomic E-state index is -0.849. The standard InChI is InChI=1S/C46H30O/c1-4-14-31(15-5-1)33-24-26-35(27-25-33)46-45(41-30-36(28-29-42(41)47-46)32-16-6-2-7-17-32)44-39-22-12-10-20-37(39)43(34-18-8-3-9-19-34)38-21-11-13-23-40(38)44/h1-30H/i1D,2D,3D,4D,5D,6D,7D,8D,9D,10D,11D,12D,13D,14D,15D,16D,17D,18D,19D,20D,21D,22D,23D. The van der Waals surface area contributed by atoms with Gasteiger partial charge in [-0.3, -0.25) is 0 Å². The van der Waals surface area contributed by atoms with Crippen LogP contribution < -0.4 is 0 Å². The van der Waals surface area contributed by atoms with Crippen LogP contribution in [0.2, 0.25) is 0 Å². The van der Waals surface area contributed by atoms with E-state index in [2.05, 4.69) is 0 Å². The van der Waals surface area contributed by atoms with Crippen LogP contribution in [0.5, 0.6) is 0 Å². The lowest BCUT2D eigenvalue weighted by Gasteiger charge is -2.18. The van der Waals surface area contributed by atoms with Gasteiger partial charge in [-0.15, -0.1) is 0 Å². The molecule has 1 nitrogen and oxygen atoms in total. The number of furan rings is 1. The first-order valence-corrected chi connectivity index (χ1v) is 14.2. The summed E-state index contributed by atoms with van der Waals surface area (Å²) in [6.07, 6.45) is 0. The van der Waals surface area contributed by atoms with Crippen LogP contribution in [-0.2, 0) is 0 Å². The molecule has 0 fully saturated rings. The van der Waals surface area contributed by atoms with Crippen LogP contribution in [0.1, 0.15) is 31.5 Å². The highest BCUT2D eigenvalue weighted by Gasteiger charge is 2.24. The minimum absolute atomic E-state index is 0.00785. The second-order valence-corrected chi connectivity index (χ2v) is 10.3. The van der Waals surface area contributed by atoms with Gasteiger partial charge in [0.25, 0.3) is 0 Å². The smallest absolute Gasteiger partial charge is 0.143 e. The molecule has 0 saturated heterocycles. The topological polar surface area (TPSA) is 13.1 Å². The number of fused-ring (bicyclic) bond motifs is 3. The Hall–Kier alpha value is -6.18. The van der Waals surface area contributed by atoms with E-state index in [4.69, 9.17) is 30.5 Å². The Morgan fingerprint density at radius 2 is 0.745 bits per heavy atom. The Labute approximate surface area is 306 Å². The monoisotopic (exact) mass is 621 g/mol. The van der Waals surface area contributed by atoms with Gasteiger partial charge in [-0.1, -0.05) is 169 Å². The summed E-state index contributed by atoms with van der Waals surface area (Å²) in [5, 5.41) is -1.88. The molecule has 0 saturated carbocycles. The molecule has 1 heterocycles. The molecule has 1 heteroatoms. The third-order valence-electron chi connectivity index (χ3n) is 7.79. The van der Waals surface area contributed by atoms with E-state index in [0.717, 1.165) is 0 Å². The predicted molar refractivity (Wildman–Crippen MR) is 198 cm³/mol. The first kappa shape index (κ1) is 12.5. The van der Waals surface area contributed by atoms with Crippen molar-refractivity contribution in [1.29, 1.82) is 0 Å². The summed E-state index contributed by atoms with van der Waals surface area (Å²) in [5.74, 6) is -0.140. The number of hydrogen-bond donors (Lipinski definition) is 0. The second-order valence-electron chi connectivity index (χ2n) is 10.3. The van der Waals surface area contributed by atoms with Crippen molar-refractivity contribution in [3.63, 3.8) is 0 Å². The Morgan fingerprint density at radius 3 is 1.30 bits per heavy atom. The van der Waals surface area contributed by atoms with Gasteiger partial charge in [0.1, 0.15) is 11.3 Å². The maximum Gasteiger partial charge on any atom is 0.143 e. The third kappa shape index (κ3) is 4.64. The molecule has 0 amide bonds. The SMILES string of the molecule is [2H]c1c([2H])c([2H])c(-c2ccc(-c3oc4ccc(-c5c([2H])c([2H])c([2H])c([2H])c5[2H])cc4c3-c3c4c([2H])c([2H])c([2H])c([2H])c4c(-c4c([2H])c([2H])c([2H])c([2H])c4[2H])c4c([2H])c([2H])c([2H])c([2H])c34)cc2)c([2H])c1[2H]. The molecule has 0 aliphatic carbocycles. The van der Waals surface area contributed by atoms with Crippen molar-refractivity contribution >= 4 is 32.5 Å². The lowest BCUT2D eigenvalue weighted by molar-refractivity contribution is 0.632. The summed E-state index contributed by atoms with van der Waals surface area (Å²) in [4.78, 5) is 0. The van der Waals surface area contributed by atoms with Gasteiger partial charge in [-0.25, -0.2) is 0 Å². The summed E-state index contributed by atoms with van der Waals surface area (Å²) >= 11 is 0. The molecule has 1 aromatic heterocycles. The van der Waals surface area contributed by atoms with Gasteiger partial charge in [0.2, 0.25) is 0 Å². The van der Waals surface area contributed by atoms with E-state index >= 15 is 0 Å². The van der Waals surface area contributed by atoms with Crippen molar-refractivity contribution in [3.05, 3.63) is 181 Å². The van der Waals surface area contributed by atoms with Gasteiger partial charge in [-0.2, -0.15) is 0 Å². The van der Waals surface area contributed by atoms with E-state index in [1.54, 1.807) is 0 Å². The van der Waals surface area contributed by atoms with Crippen LogP contribution in [0.25, 0.3) is 88.3 Å². The third-order valence-corrected chi connectivity index (χ3v) is 7.79. The number of hydrogen-bond acceptors (Lipinski definition) is 1. The fraction of sp³-hybridized carbons (Fsp3) is 0. The van der Waals surface area contributed by atoms with Crippen LogP contribution in [0.3, 0.4) is 0 Å². The molecule has 0 radical (unpaired) electrons. The molecular formula is C46H30O. The van der Waals surface area contributed by atoms with E-state index in [0.29, 0.717) is 0 Å². The maximum absolute atomic E-state index is 9.55. The van der Waals surface area contributed by atoms with E-state index < -0.39 is 172 Å². The zero-order valence-electron chi connectivity index (χ0n) is 46.9. The number of benzene rings is 8. The summed E-state index contributed by atoms with van der Waals surface area (Å²) in [5.41, 5.74) is -1.63. The van der Waals surface area contributed by atoms with Crippen LogP contribution in [-0.4, -0.2) is 0 Å². The molecule has 47 heavy (non-hydrogen) atoms. The van der Waals surface area contributed by atoms with Gasteiger partial charge in [0, 0.05) is 22.1 Å². The molecule has 0 aliphatic heterocycles. The Morgan fingerprint density at radius 1 is 0.319 bits per heavy atom. The average Bonchev–Trinajstić information content (AvgIpc) is 3.73. The highest BCUT2D eigenvalue weighted by Crippen LogP contribution is 2.50. The zero-order chi connectivity index (χ0) is 51.2. The fourth-order valence-corrected chi connectivity index (χ4v) is 5.78. The van der Waals surface area contributed by atoms with Gasteiger partial charge >= 0.3 is 0 Å². The quantitative estimate of drug-likeness (QED) is 0.174. The largest absolute Gasteiger partial charge is 0.455 e. The molecule has 9 rings (SSSR count). The zero-order valence-corrected chi connectivity index (χ0v) is 23.9. The molecule has 9 aromatic rings. The molecule has 0 aliphatic rings. The van der Waals surface area contributed by atoms with Crippen molar-refractivity contribution in [3.8, 4) is 55.8 Å². The molecule has 0 spiro atoms. The molecule has 0 atom stereocenters. The van der Waals surface area contributed by atoms with Crippen LogP contribution in [0.15, 0.2) is 186 Å². The maximum atomic E-state index is 9.55. The first-order chi connectivity index (χ1) is 32.9. The fourth-order valence-electron chi connectivity index (χ4n) is 5.78. The van der Waals surface area contributed by atoms with Crippen LogP contribution in [0, 0.1) is 0 Å². The van der Waals surface area contributed by atoms with Crippen molar-refractivity contribution in [2.75, 3.05) is 0 Å². The Bertz CT molecular complexity index is 3690. The molecular weight excluding hydrogens is 569 g/mol. The van der Waals surface area contributed by atoms with Crippen LogP contribution >= 0.6 is 0 Å². The van der Waals surface area contributed by atoms with Crippen LogP contribution in [0.4, 0.5) is 0 Å².